The zero-order valence-corrected chi connectivity index (χ0v) is 11.8. The van der Waals surface area contributed by atoms with Crippen LogP contribution < -0.4 is 4.90 Å². The number of hydrogen-bond donors (Lipinski definition) is 0. The fourth-order valence-electron chi connectivity index (χ4n) is 2.36. The van der Waals surface area contributed by atoms with E-state index in [9.17, 15) is 4.79 Å². The minimum Gasteiger partial charge on any atom is -0.409 e. The Morgan fingerprint density at radius 2 is 2.00 bits per heavy atom. The van der Waals surface area contributed by atoms with Gasteiger partial charge in [0.25, 0.3) is 0 Å². The van der Waals surface area contributed by atoms with Gasteiger partial charge in [0.2, 0.25) is 0 Å². The van der Waals surface area contributed by atoms with Crippen molar-refractivity contribution in [3.63, 3.8) is 0 Å². The van der Waals surface area contributed by atoms with E-state index in [2.05, 4.69) is 4.98 Å². The van der Waals surface area contributed by atoms with E-state index in [1.54, 1.807) is 17.2 Å². The molecule has 0 fully saturated rings. The van der Waals surface area contributed by atoms with Crippen LogP contribution in [0.1, 0.15) is 24.6 Å². The third-order valence-corrected chi connectivity index (χ3v) is 3.29. The molecular formula is C17H16N2O2. The average Bonchev–Trinajstić information content (AvgIpc) is 2.52. The lowest BCUT2D eigenvalue weighted by molar-refractivity contribution is 0.197. The van der Waals surface area contributed by atoms with E-state index in [1.807, 2.05) is 49.4 Å². The van der Waals surface area contributed by atoms with Crippen molar-refractivity contribution >= 4 is 23.6 Å². The van der Waals surface area contributed by atoms with E-state index >= 15 is 0 Å². The van der Waals surface area contributed by atoms with Gasteiger partial charge in [-0.25, -0.2) is 4.79 Å². The molecule has 1 amide bonds. The molecular weight excluding hydrogens is 264 g/mol. The van der Waals surface area contributed by atoms with E-state index < -0.39 is 0 Å². The molecule has 0 bridgehead atoms. The normalized spacial score (nSPS) is 15.8. The molecule has 0 spiro atoms. The third kappa shape index (κ3) is 2.65. The second-order valence-electron chi connectivity index (χ2n) is 4.80. The molecule has 4 nitrogen and oxygen atoms in total. The third-order valence-electron chi connectivity index (χ3n) is 3.29. The maximum Gasteiger partial charge on any atom is 0.419 e. The van der Waals surface area contributed by atoms with E-state index in [0.717, 1.165) is 23.4 Å². The van der Waals surface area contributed by atoms with Crippen molar-refractivity contribution in [2.45, 2.75) is 13.3 Å². The van der Waals surface area contributed by atoms with Gasteiger partial charge in [-0.3, -0.25) is 9.88 Å². The number of carbonyl (C=O) groups is 1. The molecule has 1 aromatic heterocycles. The van der Waals surface area contributed by atoms with Gasteiger partial charge < -0.3 is 4.74 Å². The summed E-state index contributed by atoms with van der Waals surface area (Å²) in [6.07, 6.45) is 4.05. The van der Waals surface area contributed by atoms with Crippen molar-refractivity contribution in [3.8, 4) is 0 Å². The Hall–Kier alpha value is -2.62. The molecule has 2 heterocycles. The Balaban J connectivity index is 2.06. The SMILES string of the molecule is CCCN1C(=O)O/C(=C\c2ccccn2)c2ccccc21. The van der Waals surface area contributed by atoms with Crippen LogP contribution in [0.2, 0.25) is 0 Å². The van der Waals surface area contributed by atoms with Crippen LogP contribution in [0, 0.1) is 0 Å². The Morgan fingerprint density at radius 3 is 2.76 bits per heavy atom. The molecule has 0 unspecified atom stereocenters. The molecule has 1 aliphatic rings. The largest absolute Gasteiger partial charge is 0.419 e. The second-order valence-corrected chi connectivity index (χ2v) is 4.80. The lowest BCUT2D eigenvalue weighted by Crippen LogP contribution is -2.35. The number of rotatable bonds is 3. The highest BCUT2D eigenvalue weighted by molar-refractivity contribution is 6.01. The molecule has 0 radical (unpaired) electrons. The first kappa shape index (κ1) is 13.4. The van der Waals surface area contributed by atoms with E-state index in [1.165, 1.54) is 0 Å². The fourth-order valence-corrected chi connectivity index (χ4v) is 2.36. The van der Waals surface area contributed by atoms with Crippen LogP contribution in [-0.2, 0) is 4.74 Å². The molecule has 0 aliphatic carbocycles. The molecule has 2 aromatic rings. The molecule has 21 heavy (non-hydrogen) atoms. The van der Waals surface area contributed by atoms with Crippen LogP contribution in [0.4, 0.5) is 10.5 Å². The van der Waals surface area contributed by atoms with Gasteiger partial charge in [-0.05, 0) is 30.7 Å². The van der Waals surface area contributed by atoms with Gasteiger partial charge in [-0.1, -0.05) is 25.1 Å². The van der Waals surface area contributed by atoms with E-state index in [4.69, 9.17) is 4.74 Å². The molecule has 0 atom stereocenters. The highest BCUT2D eigenvalue weighted by Gasteiger charge is 2.28. The highest BCUT2D eigenvalue weighted by atomic mass is 16.6. The van der Waals surface area contributed by atoms with Gasteiger partial charge in [-0.15, -0.1) is 0 Å². The molecule has 3 rings (SSSR count). The Labute approximate surface area is 123 Å². The first-order chi connectivity index (χ1) is 10.3. The maximum atomic E-state index is 12.2. The van der Waals surface area contributed by atoms with Crippen LogP contribution >= 0.6 is 0 Å². The van der Waals surface area contributed by atoms with Gasteiger partial charge in [0, 0.05) is 24.4 Å². The van der Waals surface area contributed by atoms with Crippen molar-refractivity contribution < 1.29 is 9.53 Å². The number of nitrogens with zero attached hydrogens (tertiary/aromatic N) is 2. The molecule has 1 aromatic carbocycles. The number of para-hydroxylation sites is 1. The zero-order valence-electron chi connectivity index (χ0n) is 11.8. The van der Waals surface area contributed by atoms with Gasteiger partial charge in [0.05, 0.1) is 11.4 Å². The quantitative estimate of drug-likeness (QED) is 0.855. The summed E-state index contributed by atoms with van der Waals surface area (Å²) in [5.74, 6) is 0.543. The summed E-state index contributed by atoms with van der Waals surface area (Å²) in [5.41, 5.74) is 2.56. The predicted molar refractivity (Wildman–Crippen MR) is 82.7 cm³/mol. The fraction of sp³-hybridized carbons (Fsp3) is 0.176. The number of pyridine rings is 1. The first-order valence-electron chi connectivity index (χ1n) is 7.01. The Kier molecular flexibility index (Phi) is 3.69. The smallest absolute Gasteiger partial charge is 0.409 e. The minimum atomic E-state index is -0.335. The summed E-state index contributed by atoms with van der Waals surface area (Å²) in [6, 6.07) is 13.4. The van der Waals surface area contributed by atoms with Gasteiger partial charge >= 0.3 is 6.09 Å². The van der Waals surface area contributed by atoms with Gasteiger partial charge in [-0.2, -0.15) is 0 Å². The van der Waals surface area contributed by atoms with Crippen LogP contribution in [0.25, 0.3) is 11.8 Å². The molecule has 4 heteroatoms. The molecule has 0 saturated carbocycles. The molecule has 106 valence electrons. The number of benzene rings is 1. The average molecular weight is 280 g/mol. The van der Waals surface area contributed by atoms with Crippen LogP contribution in [-0.4, -0.2) is 17.6 Å². The van der Waals surface area contributed by atoms with Gasteiger partial charge in [0.1, 0.15) is 5.76 Å². The Bertz CT molecular complexity index is 680. The number of amides is 1. The van der Waals surface area contributed by atoms with E-state index in [-0.39, 0.29) is 6.09 Å². The number of anilines is 1. The Morgan fingerprint density at radius 1 is 1.19 bits per heavy atom. The first-order valence-corrected chi connectivity index (χ1v) is 7.01. The summed E-state index contributed by atoms with van der Waals surface area (Å²) in [5, 5.41) is 0. The maximum absolute atomic E-state index is 12.2. The van der Waals surface area contributed by atoms with Crippen molar-refractivity contribution in [2.75, 3.05) is 11.4 Å². The molecule has 0 N–H and O–H groups in total. The zero-order chi connectivity index (χ0) is 14.7. The predicted octanol–water partition coefficient (Wildman–Crippen LogP) is 3.95. The summed E-state index contributed by atoms with van der Waals surface area (Å²) < 4.78 is 5.49. The van der Waals surface area contributed by atoms with Crippen molar-refractivity contribution in [1.82, 2.24) is 4.98 Å². The number of cyclic esters (lactones) is 1. The highest BCUT2D eigenvalue weighted by Crippen LogP contribution is 2.34. The van der Waals surface area contributed by atoms with Crippen molar-refractivity contribution in [1.29, 1.82) is 0 Å². The number of ether oxygens (including phenoxy) is 1. The number of aromatic nitrogens is 1. The summed E-state index contributed by atoms with van der Waals surface area (Å²) in [4.78, 5) is 18.1. The van der Waals surface area contributed by atoms with Crippen LogP contribution in [0.15, 0.2) is 48.7 Å². The summed E-state index contributed by atoms with van der Waals surface area (Å²) in [7, 11) is 0. The molecule has 1 aliphatic heterocycles. The lowest BCUT2D eigenvalue weighted by Gasteiger charge is -2.29. The van der Waals surface area contributed by atoms with E-state index in [0.29, 0.717) is 12.3 Å². The van der Waals surface area contributed by atoms with Crippen LogP contribution in [0.3, 0.4) is 0 Å². The topological polar surface area (TPSA) is 42.4 Å². The number of hydrogen-bond acceptors (Lipinski definition) is 3. The minimum absolute atomic E-state index is 0.335. The molecule has 0 saturated heterocycles. The number of fused-ring (bicyclic) bond motifs is 1. The monoisotopic (exact) mass is 280 g/mol. The van der Waals surface area contributed by atoms with Gasteiger partial charge in [0.15, 0.2) is 0 Å². The second kappa shape index (κ2) is 5.79. The van der Waals surface area contributed by atoms with Crippen molar-refractivity contribution in [3.05, 3.63) is 59.9 Å². The van der Waals surface area contributed by atoms with Crippen LogP contribution in [0.5, 0.6) is 0 Å². The lowest BCUT2D eigenvalue weighted by atomic mass is 10.1. The number of carbonyl (C=O) groups excluding carboxylic acids is 1. The summed E-state index contributed by atoms with van der Waals surface area (Å²) in [6.45, 7) is 2.68. The van der Waals surface area contributed by atoms with Crippen molar-refractivity contribution in [2.24, 2.45) is 0 Å². The summed E-state index contributed by atoms with van der Waals surface area (Å²) >= 11 is 0. The standard InChI is InChI=1S/C17H16N2O2/c1-2-11-19-15-9-4-3-8-14(15)16(21-17(19)20)12-13-7-5-6-10-18-13/h3-10,12H,2,11H2,1H3/b16-12-.